The van der Waals surface area contributed by atoms with E-state index in [4.69, 9.17) is 9.47 Å². The molecule has 0 fully saturated rings. The van der Waals surface area contributed by atoms with Crippen molar-refractivity contribution in [2.24, 2.45) is 5.41 Å². The number of nitrogens with one attached hydrogen (secondary N) is 1. The maximum Gasteiger partial charge on any atom is 0.225 e. The normalized spacial score (nSPS) is 12.7. The molecule has 19 heavy (non-hydrogen) atoms. The van der Waals surface area contributed by atoms with Gasteiger partial charge in [-0.25, -0.2) is 0 Å². The van der Waals surface area contributed by atoms with Gasteiger partial charge in [0.1, 0.15) is 6.10 Å². The number of para-hydroxylation sites is 2. The van der Waals surface area contributed by atoms with Crippen LogP contribution in [0, 0.1) is 5.41 Å². The Hall–Kier alpha value is -1.71. The molecule has 1 rings (SSSR count). The number of carbonyl (C=O) groups excluding carboxylic acids is 1. The van der Waals surface area contributed by atoms with Crippen molar-refractivity contribution in [1.82, 2.24) is 5.32 Å². The number of amides is 1. The topological polar surface area (TPSA) is 47.6 Å². The summed E-state index contributed by atoms with van der Waals surface area (Å²) >= 11 is 0. The van der Waals surface area contributed by atoms with Crippen molar-refractivity contribution in [2.45, 2.75) is 33.8 Å². The third-order valence-corrected chi connectivity index (χ3v) is 2.63. The third-order valence-electron chi connectivity index (χ3n) is 2.63. The Morgan fingerprint density at radius 2 is 1.84 bits per heavy atom. The molecule has 0 aromatic heterocycles. The van der Waals surface area contributed by atoms with Crippen LogP contribution >= 0.6 is 0 Å². The summed E-state index contributed by atoms with van der Waals surface area (Å²) in [6.07, 6.45) is -0.123. The molecule has 0 saturated heterocycles. The Balaban J connectivity index is 2.52. The van der Waals surface area contributed by atoms with E-state index in [1.54, 1.807) is 7.11 Å². The molecule has 0 saturated carbocycles. The Bertz CT molecular complexity index is 424. The van der Waals surface area contributed by atoms with Crippen LogP contribution in [0.2, 0.25) is 0 Å². The first kappa shape index (κ1) is 15.3. The summed E-state index contributed by atoms with van der Waals surface area (Å²) in [5.74, 6) is 1.39. The first-order chi connectivity index (χ1) is 8.84. The molecule has 1 amide bonds. The van der Waals surface area contributed by atoms with Crippen LogP contribution in [-0.4, -0.2) is 25.7 Å². The van der Waals surface area contributed by atoms with Crippen LogP contribution in [0.5, 0.6) is 11.5 Å². The second-order valence-electron chi connectivity index (χ2n) is 5.54. The van der Waals surface area contributed by atoms with E-state index < -0.39 is 0 Å². The average Bonchev–Trinajstić information content (AvgIpc) is 2.35. The fraction of sp³-hybridized carbons (Fsp3) is 0.533. The number of carbonyl (C=O) groups is 1. The molecule has 1 N–H and O–H groups in total. The summed E-state index contributed by atoms with van der Waals surface area (Å²) in [5.41, 5.74) is -0.385. The number of rotatable bonds is 5. The lowest BCUT2D eigenvalue weighted by molar-refractivity contribution is -0.128. The van der Waals surface area contributed by atoms with Gasteiger partial charge in [-0.2, -0.15) is 0 Å². The third kappa shape index (κ3) is 4.81. The van der Waals surface area contributed by atoms with Gasteiger partial charge < -0.3 is 14.8 Å². The molecule has 4 heteroatoms. The maximum absolute atomic E-state index is 11.8. The van der Waals surface area contributed by atoms with Gasteiger partial charge in [-0.15, -0.1) is 0 Å². The number of hydrogen-bond acceptors (Lipinski definition) is 3. The van der Waals surface area contributed by atoms with Crippen LogP contribution in [0.15, 0.2) is 24.3 Å². The van der Waals surface area contributed by atoms with Gasteiger partial charge in [-0.1, -0.05) is 32.9 Å². The van der Waals surface area contributed by atoms with Crippen molar-refractivity contribution in [1.29, 1.82) is 0 Å². The SMILES string of the molecule is COc1ccccc1OC(C)CNC(=O)C(C)(C)C. The van der Waals surface area contributed by atoms with E-state index in [0.717, 1.165) is 0 Å². The summed E-state index contributed by atoms with van der Waals surface area (Å²) in [7, 11) is 1.61. The minimum atomic E-state index is -0.385. The molecule has 106 valence electrons. The van der Waals surface area contributed by atoms with Gasteiger partial charge in [-0.05, 0) is 19.1 Å². The first-order valence-electron chi connectivity index (χ1n) is 6.42. The maximum atomic E-state index is 11.8. The van der Waals surface area contributed by atoms with E-state index >= 15 is 0 Å². The van der Waals surface area contributed by atoms with Gasteiger partial charge >= 0.3 is 0 Å². The van der Waals surface area contributed by atoms with E-state index in [2.05, 4.69) is 5.32 Å². The zero-order chi connectivity index (χ0) is 14.5. The quantitative estimate of drug-likeness (QED) is 0.890. The first-order valence-corrected chi connectivity index (χ1v) is 6.42. The lowest BCUT2D eigenvalue weighted by Crippen LogP contribution is -2.40. The fourth-order valence-electron chi connectivity index (χ4n) is 1.48. The largest absolute Gasteiger partial charge is 0.493 e. The van der Waals surface area contributed by atoms with Crippen molar-refractivity contribution < 1.29 is 14.3 Å². The molecule has 1 unspecified atom stereocenters. The molecular weight excluding hydrogens is 242 g/mol. The Kier molecular flexibility index (Phi) is 5.21. The zero-order valence-electron chi connectivity index (χ0n) is 12.3. The average molecular weight is 265 g/mol. The zero-order valence-corrected chi connectivity index (χ0v) is 12.3. The number of methoxy groups -OCH3 is 1. The van der Waals surface area contributed by atoms with Gasteiger partial charge in [0.2, 0.25) is 5.91 Å². The van der Waals surface area contributed by atoms with Crippen molar-refractivity contribution in [3.05, 3.63) is 24.3 Å². The second-order valence-corrected chi connectivity index (χ2v) is 5.54. The van der Waals surface area contributed by atoms with Crippen molar-refractivity contribution in [3.8, 4) is 11.5 Å². The molecule has 0 aliphatic carbocycles. The van der Waals surface area contributed by atoms with Crippen LogP contribution in [0.1, 0.15) is 27.7 Å². The number of hydrogen-bond donors (Lipinski definition) is 1. The van der Waals surface area contributed by atoms with E-state index in [-0.39, 0.29) is 17.4 Å². The molecule has 0 radical (unpaired) electrons. The summed E-state index contributed by atoms with van der Waals surface area (Å²) in [4.78, 5) is 11.8. The highest BCUT2D eigenvalue weighted by Gasteiger charge is 2.21. The molecular formula is C15H23NO3. The molecule has 4 nitrogen and oxygen atoms in total. The van der Waals surface area contributed by atoms with Crippen molar-refractivity contribution in [2.75, 3.05) is 13.7 Å². The van der Waals surface area contributed by atoms with Crippen LogP contribution in [-0.2, 0) is 4.79 Å². The molecule has 1 aromatic carbocycles. The lowest BCUT2D eigenvalue weighted by Gasteiger charge is -2.21. The van der Waals surface area contributed by atoms with Crippen molar-refractivity contribution in [3.63, 3.8) is 0 Å². The minimum absolute atomic E-state index is 0.0166. The molecule has 0 aliphatic heterocycles. The van der Waals surface area contributed by atoms with E-state index in [0.29, 0.717) is 18.0 Å². The molecule has 0 bridgehead atoms. The second kappa shape index (κ2) is 6.45. The molecule has 1 atom stereocenters. The molecule has 1 aromatic rings. The minimum Gasteiger partial charge on any atom is -0.493 e. The van der Waals surface area contributed by atoms with Gasteiger partial charge in [0, 0.05) is 5.41 Å². The summed E-state index contributed by atoms with van der Waals surface area (Å²) in [5, 5.41) is 2.88. The van der Waals surface area contributed by atoms with Crippen LogP contribution < -0.4 is 14.8 Å². The van der Waals surface area contributed by atoms with Crippen LogP contribution in [0.3, 0.4) is 0 Å². The number of ether oxygens (including phenoxy) is 2. The summed E-state index contributed by atoms with van der Waals surface area (Å²) in [6.45, 7) is 8.03. The molecule has 0 aliphatic rings. The highest BCUT2D eigenvalue weighted by molar-refractivity contribution is 5.81. The predicted molar refractivity (Wildman–Crippen MR) is 75.5 cm³/mol. The van der Waals surface area contributed by atoms with E-state index in [1.807, 2.05) is 52.0 Å². The monoisotopic (exact) mass is 265 g/mol. The Morgan fingerprint density at radius 1 is 1.26 bits per heavy atom. The van der Waals surface area contributed by atoms with Gasteiger partial charge in [0.25, 0.3) is 0 Å². The van der Waals surface area contributed by atoms with Gasteiger partial charge in [-0.3, -0.25) is 4.79 Å². The van der Waals surface area contributed by atoms with E-state index in [9.17, 15) is 4.79 Å². The molecule has 0 heterocycles. The number of benzene rings is 1. The Morgan fingerprint density at radius 3 is 2.37 bits per heavy atom. The molecule has 0 spiro atoms. The smallest absolute Gasteiger partial charge is 0.225 e. The highest BCUT2D eigenvalue weighted by atomic mass is 16.5. The van der Waals surface area contributed by atoms with Crippen molar-refractivity contribution >= 4 is 5.91 Å². The van der Waals surface area contributed by atoms with Gasteiger partial charge in [0.05, 0.1) is 13.7 Å². The summed E-state index contributed by atoms with van der Waals surface area (Å²) in [6, 6.07) is 7.47. The summed E-state index contributed by atoms with van der Waals surface area (Å²) < 4.78 is 11.0. The van der Waals surface area contributed by atoms with E-state index in [1.165, 1.54) is 0 Å². The fourth-order valence-corrected chi connectivity index (χ4v) is 1.48. The van der Waals surface area contributed by atoms with Gasteiger partial charge in [0.15, 0.2) is 11.5 Å². The van der Waals surface area contributed by atoms with Crippen LogP contribution in [0.25, 0.3) is 0 Å². The van der Waals surface area contributed by atoms with Crippen LogP contribution in [0.4, 0.5) is 0 Å². The lowest BCUT2D eigenvalue weighted by atomic mass is 9.96. The Labute approximate surface area is 115 Å². The standard InChI is InChI=1S/C15H23NO3/c1-11(10-16-14(17)15(2,3)4)19-13-9-7-6-8-12(13)18-5/h6-9,11H,10H2,1-5H3,(H,16,17). The highest BCUT2D eigenvalue weighted by Crippen LogP contribution is 2.26. The predicted octanol–water partition coefficient (Wildman–Crippen LogP) is 2.62.